The first-order valence-corrected chi connectivity index (χ1v) is 11.6. The third-order valence-corrected chi connectivity index (χ3v) is 7.35. The third-order valence-electron chi connectivity index (χ3n) is 7.35. The van der Waals surface area contributed by atoms with Crippen LogP contribution >= 0.6 is 0 Å². The fourth-order valence-electron chi connectivity index (χ4n) is 5.33. The van der Waals surface area contributed by atoms with Crippen LogP contribution in [0.25, 0.3) is 0 Å². The summed E-state index contributed by atoms with van der Waals surface area (Å²) in [6, 6.07) is 27.8. The highest BCUT2D eigenvalue weighted by Crippen LogP contribution is 2.68. The van der Waals surface area contributed by atoms with E-state index in [1.807, 2.05) is 42.5 Å². The van der Waals surface area contributed by atoms with Crippen molar-refractivity contribution in [2.45, 2.75) is 25.4 Å². The molecular formula is C29H21FN4O3. The zero-order valence-corrected chi connectivity index (χ0v) is 19.8. The molecule has 4 unspecified atom stereocenters. The zero-order chi connectivity index (χ0) is 26.3. The van der Waals surface area contributed by atoms with Gasteiger partial charge in [0, 0.05) is 5.56 Å². The maximum atomic E-state index is 13.7. The topological polar surface area (TPSA) is 123 Å². The Kier molecular flexibility index (Phi) is 5.67. The molecular weight excluding hydrogens is 471 g/mol. The fourth-order valence-corrected chi connectivity index (χ4v) is 5.33. The van der Waals surface area contributed by atoms with Gasteiger partial charge in [-0.2, -0.15) is 15.8 Å². The van der Waals surface area contributed by atoms with Crippen LogP contribution < -0.4 is 4.74 Å². The largest absolute Gasteiger partial charge is 0.489 e. The predicted molar refractivity (Wildman–Crippen MR) is 129 cm³/mol. The van der Waals surface area contributed by atoms with Gasteiger partial charge in [0.25, 0.3) is 0 Å². The molecule has 4 atom stereocenters. The number of hydrogen-bond acceptors (Lipinski definition) is 7. The van der Waals surface area contributed by atoms with E-state index in [0.29, 0.717) is 23.5 Å². The Bertz CT molecular complexity index is 1460. The van der Waals surface area contributed by atoms with Crippen LogP contribution in [0.2, 0.25) is 0 Å². The number of halogens is 1. The molecule has 0 saturated carbocycles. The van der Waals surface area contributed by atoms with Crippen molar-refractivity contribution in [3.63, 3.8) is 0 Å². The van der Waals surface area contributed by atoms with E-state index < -0.39 is 40.4 Å². The lowest BCUT2D eigenvalue weighted by Crippen LogP contribution is -2.57. The Morgan fingerprint density at radius 1 is 0.919 bits per heavy atom. The number of fused-ring (bicyclic) bond motifs is 2. The predicted octanol–water partition coefficient (Wildman–Crippen LogP) is 5.52. The number of hydrogen-bond donors (Lipinski definition) is 1. The van der Waals surface area contributed by atoms with Gasteiger partial charge in [0.05, 0.1) is 24.1 Å². The van der Waals surface area contributed by atoms with Crippen molar-refractivity contribution >= 4 is 5.90 Å². The average molecular weight is 493 g/mol. The van der Waals surface area contributed by atoms with E-state index >= 15 is 0 Å². The van der Waals surface area contributed by atoms with Gasteiger partial charge >= 0.3 is 0 Å². The Labute approximate surface area is 213 Å². The van der Waals surface area contributed by atoms with Crippen LogP contribution in [0.3, 0.4) is 0 Å². The van der Waals surface area contributed by atoms with Crippen molar-refractivity contribution in [2.24, 2.45) is 16.7 Å². The van der Waals surface area contributed by atoms with Gasteiger partial charge in [-0.3, -0.25) is 5.41 Å². The molecule has 3 aromatic carbocycles. The molecule has 0 aliphatic carbocycles. The van der Waals surface area contributed by atoms with Crippen LogP contribution in [0.15, 0.2) is 78.9 Å². The lowest BCUT2D eigenvalue weighted by Gasteiger charge is -2.48. The molecule has 2 heterocycles. The molecule has 37 heavy (non-hydrogen) atoms. The Morgan fingerprint density at radius 3 is 2.16 bits per heavy atom. The van der Waals surface area contributed by atoms with E-state index in [2.05, 4.69) is 6.07 Å². The molecule has 5 rings (SSSR count). The molecule has 2 bridgehead atoms. The smallest absolute Gasteiger partial charge is 0.244 e. The van der Waals surface area contributed by atoms with Gasteiger partial charge in [0.1, 0.15) is 24.3 Å². The van der Waals surface area contributed by atoms with Gasteiger partial charge in [0.15, 0.2) is 5.41 Å². The van der Waals surface area contributed by atoms with Crippen LogP contribution in [-0.2, 0) is 21.9 Å². The lowest BCUT2D eigenvalue weighted by atomic mass is 9.53. The van der Waals surface area contributed by atoms with E-state index in [9.17, 15) is 20.2 Å². The first-order valence-electron chi connectivity index (χ1n) is 11.6. The Balaban J connectivity index is 1.58. The fraction of sp³-hybridized carbons (Fsp3) is 0.241. The summed E-state index contributed by atoms with van der Waals surface area (Å²) in [5.74, 6) is -3.04. The van der Waals surface area contributed by atoms with Crippen molar-refractivity contribution in [2.75, 3.05) is 0 Å². The molecule has 2 saturated heterocycles. The van der Waals surface area contributed by atoms with Gasteiger partial charge in [-0.15, -0.1) is 0 Å². The quantitative estimate of drug-likeness (QED) is 0.501. The second-order valence-corrected chi connectivity index (χ2v) is 9.12. The lowest BCUT2D eigenvalue weighted by molar-refractivity contribution is -0.288. The van der Waals surface area contributed by atoms with Gasteiger partial charge in [0.2, 0.25) is 17.1 Å². The van der Waals surface area contributed by atoms with E-state index in [-0.39, 0.29) is 0 Å². The summed E-state index contributed by atoms with van der Waals surface area (Å²) in [5.41, 5.74) is -2.22. The van der Waals surface area contributed by atoms with Crippen molar-refractivity contribution in [1.82, 2.24) is 0 Å². The van der Waals surface area contributed by atoms with E-state index in [0.717, 1.165) is 5.56 Å². The summed E-state index contributed by atoms with van der Waals surface area (Å²) in [4.78, 5) is 0. The maximum absolute atomic E-state index is 13.7. The summed E-state index contributed by atoms with van der Waals surface area (Å²) >= 11 is 0. The highest BCUT2D eigenvalue weighted by atomic mass is 19.1. The van der Waals surface area contributed by atoms with Crippen molar-refractivity contribution < 1.29 is 18.6 Å². The van der Waals surface area contributed by atoms with E-state index in [1.54, 1.807) is 31.2 Å². The van der Waals surface area contributed by atoms with Crippen LogP contribution in [0.1, 0.15) is 29.7 Å². The summed E-state index contributed by atoms with van der Waals surface area (Å²) < 4.78 is 31.9. The second kappa shape index (κ2) is 8.75. The van der Waals surface area contributed by atoms with Crippen LogP contribution in [-0.4, -0.2) is 5.90 Å². The highest BCUT2D eigenvalue weighted by molar-refractivity contribution is 5.89. The summed E-state index contributed by atoms with van der Waals surface area (Å²) in [5, 5.41) is 39.7. The first-order chi connectivity index (χ1) is 17.9. The number of nitrogens with one attached hydrogen (secondary N) is 1. The Hall–Kier alpha value is -4.71. The molecule has 182 valence electrons. The highest BCUT2D eigenvalue weighted by Gasteiger charge is 2.79. The number of ether oxygens (including phenoxy) is 3. The van der Waals surface area contributed by atoms with Gasteiger partial charge in [-0.25, -0.2) is 4.39 Å². The van der Waals surface area contributed by atoms with Crippen molar-refractivity contribution in [3.8, 4) is 24.0 Å². The van der Waals surface area contributed by atoms with Crippen LogP contribution in [0.5, 0.6) is 5.75 Å². The minimum absolute atomic E-state index is 0.355. The standard InChI is InChI=1S/C29H21FN4O3/c1-19-28(18-33)26(34)37-29(19,22-9-11-23(30)12-10-22)36-25(27(28,16-31)17-32)21-7-13-24(14-8-21)35-15-20-5-3-2-4-6-20/h2-14,19,25,34H,15H2,1H3. The molecule has 7 nitrogen and oxygen atoms in total. The van der Waals surface area contributed by atoms with Crippen LogP contribution in [0, 0.1) is 62.0 Å². The minimum atomic E-state index is -2.09. The molecule has 3 aromatic rings. The molecule has 0 radical (unpaired) electrons. The summed E-state index contributed by atoms with van der Waals surface area (Å²) in [7, 11) is 0. The first kappa shape index (κ1) is 24.0. The zero-order valence-electron chi connectivity index (χ0n) is 19.8. The van der Waals surface area contributed by atoms with Crippen molar-refractivity contribution in [3.05, 3.63) is 101 Å². The van der Waals surface area contributed by atoms with Crippen LogP contribution in [0.4, 0.5) is 4.39 Å². The van der Waals surface area contributed by atoms with Gasteiger partial charge in [-0.1, -0.05) is 49.4 Å². The second-order valence-electron chi connectivity index (χ2n) is 9.12. The van der Waals surface area contributed by atoms with E-state index in [4.69, 9.17) is 19.6 Å². The normalized spacial score (nSPS) is 27.3. The number of rotatable bonds is 5. The number of benzene rings is 3. The third kappa shape index (κ3) is 3.29. The molecule has 1 N–H and O–H groups in total. The molecule has 0 aromatic heterocycles. The molecule has 2 fully saturated rings. The molecule has 0 spiro atoms. The summed E-state index contributed by atoms with van der Waals surface area (Å²) in [6.07, 6.45) is -1.26. The van der Waals surface area contributed by atoms with Crippen molar-refractivity contribution in [1.29, 1.82) is 21.2 Å². The SMILES string of the molecule is CC1C2(c3ccc(F)cc3)OC(=N)C1(C#N)C(C#N)(C#N)C(c1ccc(OCc3ccccc3)cc1)O2. The maximum Gasteiger partial charge on any atom is 0.244 e. The number of nitriles is 3. The minimum Gasteiger partial charge on any atom is -0.489 e. The van der Waals surface area contributed by atoms with Gasteiger partial charge < -0.3 is 14.2 Å². The average Bonchev–Trinajstić information content (AvgIpc) is 3.09. The Morgan fingerprint density at radius 2 is 1.57 bits per heavy atom. The van der Waals surface area contributed by atoms with Gasteiger partial charge in [-0.05, 0) is 47.5 Å². The molecule has 2 aliphatic heterocycles. The number of nitrogens with zero attached hydrogens (tertiary/aromatic N) is 3. The monoisotopic (exact) mass is 492 g/mol. The summed E-state index contributed by atoms with van der Waals surface area (Å²) in [6.45, 7) is 1.96. The van der Waals surface area contributed by atoms with E-state index in [1.165, 1.54) is 24.3 Å². The molecule has 0 amide bonds. The molecule has 8 heteroatoms. The molecule has 2 aliphatic rings.